The Hall–Kier alpha value is -0.0400. The van der Waals surface area contributed by atoms with Gasteiger partial charge >= 0.3 is 0 Å². The van der Waals surface area contributed by atoms with Crippen LogP contribution in [0.3, 0.4) is 0 Å². The third kappa shape index (κ3) is 3.61. The van der Waals surface area contributed by atoms with E-state index in [4.69, 9.17) is 0 Å². The van der Waals surface area contributed by atoms with Crippen LogP contribution >= 0.6 is 0 Å². The molecule has 0 aromatic carbocycles. The molecule has 0 saturated heterocycles. The highest BCUT2D eigenvalue weighted by Gasteiger charge is 2.39. The fraction of sp³-hybridized carbons (Fsp3) is 1.00. The van der Waals surface area contributed by atoms with E-state index in [2.05, 4.69) is 39.5 Å². The van der Waals surface area contributed by atoms with Crippen LogP contribution in [-0.2, 0) is 0 Å². The summed E-state index contributed by atoms with van der Waals surface area (Å²) >= 11 is 0. The quantitative estimate of drug-likeness (QED) is 0.629. The Morgan fingerprint density at radius 3 is 2.14 bits per heavy atom. The predicted molar refractivity (Wildman–Crippen MR) is 63.5 cm³/mol. The van der Waals surface area contributed by atoms with Crippen molar-refractivity contribution in [2.75, 3.05) is 13.1 Å². The van der Waals surface area contributed by atoms with Crippen LogP contribution in [0.1, 0.15) is 53.9 Å². The lowest BCUT2D eigenvalue weighted by Crippen LogP contribution is -2.38. The molecule has 14 heavy (non-hydrogen) atoms. The van der Waals surface area contributed by atoms with E-state index in [9.17, 15) is 0 Å². The lowest BCUT2D eigenvalue weighted by molar-refractivity contribution is 0.159. The predicted octanol–water partition coefficient (Wildman–Crippen LogP) is 3.54. The first-order valence-corrected chi connectivity index (χ1v) is 6.21. The van der Waals surface area contributed by atoms with Gasteiger partial charge in [-0.25, -0.2) is 0 Å². The molecule has 1 heteroatoms. The Bertz CT molecular complexity index is 170. The summed E-state index contributed by atoms with van der Waals surface area (Å²) in [6, 6.07) is 0.710. The molecule has 0 aliphatic heterocycles. The van der Waals surface area contributed by atoms with Crippen LogP contribution in [0.2, 0.25) is 0 Å². The molecule has 0 N–H and O–H groups in total. The monoisotopic (exact) mass is 197 g/mol. The molecule has 0 aromatic heterocycles. The first kappa shape index (κ1) is 12.0. The SMILES string of the molecule is CCC(C)CN(CC1(C)CC1)C(C)C. The maximum atomic E-state index is 2.67. The third-order valence-corrected chi connectivity index (χ3v) is 3.66. The molecule has 0 amide bonds. The molecule has 0 heterocycles. The summed E-state index contributed by atoms with van der Waals surface area (Å²) in [5, 5.41) is 0. The smallest absolute Gasteiger partial charge is 0.00389 e. The van der Waals surface area contributed by atoms with E-state index in [1.165, 1.54) is 32.4 Å². The lowest BCUT2D eigenvalue weighted by Gasteiger charge is -2.31. The zero-order chi connectivity index (χ0) is 10.8. The Kier molecular flexibility index (Phi) is 4.00. The first-order chi connectivity index (χ1) is 6.47. The van der Waals surface area contributed by atoms with Crippen LogP contribution in [0.25, 0.3) is 0 Å². The maximum Gasteiger partial charge on any atom is 0.00389 e. The number of hydrogen-bond donors (Lipinski definition) is 0. The van der Waals surface area contributed by atoms with Crippen molar-refractivity contribution in [1.29, 1.82) is 0 Å². The van der Waals surface area contributed by atoms with Gasteiger partial charge in [-0.05, 0) is 38.0 Å². The molecule has 1 aliphatic rings. The van der Waals surface area contributed by atoms with E-state index < -0.39 is 0 Å². The fourth-order valence-corrected chi connectivity index (χ4v) is 1.85. The van der Waals surface area contributed by atoms with Crippen molar-refractivity contribution in [2.24, 2.45) is 11.3 Å². The molecule has 1 rings (SSSR count). The second kappa shape index (κ2) is 4.65. The fourth-order valence-electron chi connectivity index (χ4n) is 1.85. The molecule has 0 aromatic rings. The van der Waals surface area contributed by atoms with Crippen molar-refractivity contribution < 1.29 is 0 Å². The normalized spacial score (nSPS) is 21.6. The van der Waals surface area contributed by atoms with Gasteiger partial charge in [0.1, 0.15) is 0 Å². The van der Waals surface area contributed by atoms with Crippen molar-refractivity contribution in [3.63, 3.8) is 0 Å². The summed E-state index contributed by atoms with van der Waals surface area (Å²) in [5.41, 5.74) is 0.664. The molecule has 1 aliphatic carbocycles. The van der Waals surface area contributed by atoms with Gasteiger partial charge in [0.15, 0.2) is 0 Å². The van der Waals surface area contributed by atoms with Crippen molar-refractivity contribution in [3.05, 3.63) is 0 Å². The van der Waals surface area contributed by atoms with Crippen LogP contribution in [0, 0.1) is 11.3 Å². The topological polar surface area (TPSA) is 3.24 Å². The van der Waals surface area contributed by atoms with Crippen molar-refractivity contribution in [2.45, 2.75) is 59.9 Å². The minimum absolute atomic E-state index is 0.664. The Morgan fingerprint density at radius 1 is 1.21 bits per heavy atom. The molecular formula is C13H27N. The highest BCUT2D eigenvalue weighted by molar-refractivity contribution is 4.92. The highest BCUT2D eigenvalue weighted by Crippen LogP contribution is 2.45. The molecule has 0 spiro atoms. The van der Waals surface area contributed by atoms with Gasteiger partial charge in [-0.2, -0.15) is 0 Å². The van der Waals surface area contributed by atoms with Gasteiger partial charge in [-0.15, -0.1) is 0 Å². The Morgan fingerprint density at radius 2 is 1.79 bits per heavy atom. The molecule has 0 radical (unpaired) electrons. The standard InChI is InChI=1S/C13H27N/c1-6-12(4)9-14(11(2)3)10-13(5)7-8-13/h11-12H,6-10H2,1-5H3. The molecule has 84 valence electrons. The van der Waals surface area contributed by atoms with E-state index >= 15 is 0 Å². The Labute approximate surface area is 89.9 Å². The van der Waals surface area contributed by atoms with E-state index in [0.717, 1.165) is 5.92 Å². The molecular weight excluding hydrogens is 170 g/mol. The second-order valence-corrected chi connectivity index (χ2v) is 5.85. The molecule has 1 fully saturated rings. The van der Waals surface area contributed by atoms with Crippen LogP contribution in [0.15, 0.2) is 0 Å². The lowest BCUT2D eigenvalue weighted by atomic mass is 10.0. The molecule has 1 unspecified atom stereocenters. The van der Waals surface area contributed by atoms with Gasteiger partial charge < -0.3 is 4.90 Å². The molecule has 1 nitrogen and oxygen atoms in total. The van der Waals surface area contributed by atoms with Gasteiger partial charge in [0.05, 0.1) is 0 Å². The third-order valence-electron chi connectivity index (χ3n) is 3.66. The molecule has 0 bridgehead atoms. The average Bonchev–Trinajstić information content (AvgIpc) is 2.82. The van der Waals surface area contributed by atoms with Crippen LogP contribution < -0.4 is 0 Å². The van der Waals surface area contributed by atoms with E-state index in [1.54, 1.807) is 0 Å². The van der Waals surface area contributed by atoms with Gasteiger partial charge in [0.2, 0.25) is 0 Å². The van der Waals surface area contributed by atoms with E-state index in [1.807, 2.05) is 0 Å². The Balaban J connectivity index is 2.38. The number of nitrogens with zero attached hydrogens (tertiary/aromatic N) is 1. The molecule has 1 atom stereocenters. The van der Waals surface area contributed by atoms with Gasteiger partial charge in [0, 0.05) is 19.1 Å². The minimum Gasteiger partial charge on any atom is -0.300 e. The number of rotatable bonds is 6. The summed E-state index contributed by atoms with van der Waals surface area (Å²) < 4.78 is 0. The summed E-state index contributed by atoms with van der Waals surface area (Å²) in [6.07, 6.45) is 4.19. The molecule has 1 saturated carbocycles. The van der Waals surface area contributed by atoms with Gasteiger partial charge in [-0.1, -0.05) is 27.2 Å². The van der Waals surface area contributed by atoms with Crippen LogP contribution in [0.5, 0.6) is 0 Å². The van der Waals surface area contributed by atoms with Gasteiger partial charge in [0.25, 0.3) is 0 Å². The van der Waals surface area contributed by atoms with Gasteiger partial charge in [-0.3, -0.25) is 0 Å². The summed E-state index contributed by atoms with van der Waals surface area (Å²) in [7, 11) is 0. The largest absolute Gasteiger partial charge is 0.300 e. The first-order valence-electron chi connectivity index (χ1n) is 6.21. The van der Waals surface area contributed by atoms with Crippen LogP contribution in [0.4, 0.5) is 0 Å². The maximum absolute atomic E-state index is 2.67. The minimum atomic E-state index is 0.664. The second-order valence-electron chi connectivity index (χ2n) is 5.85. The average molecular weight is 197 g/mol. The van der Waals surface area contributed by atoms with Crippen molar-refractivity contribution in [3.8, 4) is 0 Å². The van der Waals surface area contributed by atoms with Crippen LogP contribution in [-0.4, -0.2) is 24.0 Å². The zero-order valence-electron chi connectivity index (χ0n) is 10.6. The van der Waals surface area contributed by atoms with Crippen molar-refractivity contribution >= 4 is 0 Å². The summed E-state index contributed by atoms with van der Waals surface area (Å²) in [6.45, 7) is 14.3. The van der Waals surface area contributed by atoms with E-state index in [0.29, 0.717) is 11.5 Å². The zero-order valence-corrected chi connectivity index (χ0v) is 10.6. The highest BCUT2D eigenvalue weighted by atomic mass is 15.2. The van der Waals surface area contributed by atoms with E-state index in [-0.39, 0.29) is 0 Å². The number of hydrogen-bond acceptors (Lipinski definition) is 1. The summed E-state index contributed by atoms with van der Waals surface area (Å²) in [4.78, 5) is 2.67. The van der Waals surface area contributed by atoms with Crippen molar-refractivity contribution in [1.82, 2.24) is 4.90 Å². The summed E-state index contributed by atoms with van der Waals surface area (Å²) in [5.74, 6) is 0.847.